The summed E-state index contributed by atoms with van der Waals surface area (Å²) in [6, 6.07) is 31.0. The van der Waals surface area contributed by atoms with Crippen LogP contribution in [0.4, 0.5) is 17.6 Å². The van der Waals surface area contributed by atoms with E-state index in [-0.39, 0.29) is 24.4 Å². The quantitative estimate of drug-likeness (QED) is 0.0577. The van der Waals surface area contributed by atoms with Crippen molar-refractivity contribution in [3.05, 3.63) is 154 Å². The fourth-order valence-electron chi connectivity index (χ4n) is 8.46. The fourth-order valence-corrected chi connectivity index (χ4v) is 9.10. The fraction of sp³-hybridized carbons (Fsp3) is 0.192. The van der Waals surface area contributed by atoms with Crippen molar-refractivity contribution in [2.45, 2.75) is 62.5 Å². The third-order valence-electron chi connectivity index (χ3n) is 12.0. The van der Waals surface area contributed by atoms with Crippen LogP contribution in [0.25, 0.3) is 65.9 Å². The highest BCUT2D eigenvalue weighted by Crippen LogP contribution is 2.37. The van der Waals surface area contributed by atoms with E-state index in [1.807, 2.05) is 73.1 Å². The molecule has 8 aromatic heterocycles. The number of hydrogen-bond donors (Lipinski definition) is 1. The highest BCUT2D eigenvalue weighted by Gasteiger charge is 2.34. The van der Waals surface area contributed by atoms with Crippen molar-refractivity contribution in [1.82, 2.24) is 39.5 Å². The summed E-state index contributed by atoms with van der Waals surface area (Å²) < 4.78 is 74.7. The molecule has 0 unspecified atom stereocenters. The van der Waals surface area contributed by atoms with Gasteiger partial charge in [0.2, 0.25) is 11.8 Å². The molecular weight excluding hydrogens is 1170 g/mol. The number of pyridine rings is 6. The molecule has 0 radical (unpaired) electrons. The molecule has 8 heterocycles. The molecule has 2 aromatic carbocycles. The molecule has 19 heteroatoms. The van der Waals surface area contributed by atoms with Gasteiger partial charge in [-0.1, -0.05) is 35.9 Å². The predicted octanol–water partition coefficient (Wildman–Crippen LogP) is 13.8. The van der Waals surface area contributed by atoms with E-state index in [0.29, 0.717) is 28.2 Å². The molecule has 0 spiro atoms. The lowest BCUT2D eigenvalue weighted by atomic mass is 9.92. The average molecular weight is 1210 g/mol. The van der Waals surface area contributed by atoms with Gasteiger partial charge in [-0.05, 0) is 117 Å². The Kier molecular flexibility index (Phi) is 14.6. The van der Waals surface area contributed by atoms with Crippen LogP contribution >= 0.6 is 56.8 Å². The maximum absolute atomic E-state index is 13.9. The number of rotatable bonds is 11. The van der Waals surface area contributed by atoms with E-state index in [1.54, 1.807) is 43.1 Å². The first kappa shape index (κ1) is 48.2. The average Bonchev–Trinajstić information content (AvgIpc) is 3.89. The number of aromatic amines is 1. The molecule has 2 aliphatic rings. The van der Waals surface area contributed by atoms with E-state index in [1.165, 1.54) is 11.6 Å². The van der Waals surface area contributed by atoms with E-state index in [4.69, 9.17) is 18.9 Å². The molecule has 12 nitrogen and oxygen atoms in total. The smallest absolute Gasteiger partial charge is 0.319 e. The summed E-state index contributed by atoms with van der Waals surface area (Å²) in [5.41, 5.74) is 6.90. The van der Waals surface area contributed by atoms with Gasteiger partial charge >= 0.3 is 12.4 Å². The molecule has 0 bridgehead atoms. The second kappa shape index (κ2) is 21.5. The first-order valence-corrected chi connectivity index (χ1v) is 24.8. The Morgan fingerprint density at radius 1 is 0.493 bits per heavy atom. The molecule has 10 aromatic rings. The van der Waals surface area contributed by atoms with Crippen LogP contribution in [0.2, 0.25) is 0 Å². The molecule has 0 saturated heterocycles. The second-order valence-electron chi connectivity index (χ2n) is 16.6. The highest BCUT2D eigenvalue weighted by atomic mass is 127. The number of fused-ring (bicyclic) bond motifs is 6. The SMILES string of the molecule is FC(F)Cl.FC(F)n1c2ccncc2c2ccc(-c3ccc(OC4CC(Oc5ccc(I)nc5)C4)nc3)cc21.Ic1ccc(OC2CC(Oc3ccc(-c4ccc5c(c4)[nH]c4ccncc45)cn3)C2)cn1. The van der Waals surface area contributed by atoms with Gasteiger partial charge in [-0.2, -0.15) is 17.6 Å². The lowest BCUT2D eigenvalue weighted by Crippen LogP contribution is -2.41. The van der Waals surface area contributed by atoms with Crippen LogP contribution in [0.3, 0.4) is 0 Å². The summed E-state index contributed by atoms with van der Waals surface area (Å²) in [7, 11) is 0. The Morgan fingerprint density at radius 2 is 1.00 bits per heavy atom. The van der Waals surface area contributed by atoms with Gasteiger partial charge in [-0.25, -0.2) is 19.9 Å². The number of benzene rings is 2. The highest BCUT2D eigenvalue weighted by molar-refractivity contribution is 14.1. The van der Waals surface area contributed by atoms with Gasteiger partial charge in [0.1, 0.15) is 43.3 Å². The summed E-state index contributed by atoms with van der Waals surface area (Å²) in [5, 5.41) is 3.76. The number of nitrogens with one attached hydrogen (secondary N) is 1. The maximum Gasteiger partial charge on any atom is 0.319 e. The van der Waals surface area contributed by atoms with Crippen molar-refractivity contribution >= 4 is 100 Å². The molecule has 2 fully saturated rings. The zero-order chi connectivity index (χ0) is 49.0. The zero-order valence-corrected chi connectivity index (χ0v) is 42.1. The van der Waals surface area contributed by atoms with Gasteiger partial charge in [-0.15, -0.1) is 0 Å². The van der Waals surface area contributed by atoms with Crippen LogP contribution < -0.4 is 18.9 Å². The zero-order valence-electron chi connectivity index (χ0n) is 37.1. The van der Waals surface area contributed by atoms with E-state index in [0.717, 1.165) is 93.2 Å². The third-order valence-corrected chi connectivity index (χ3v) is 13.3. The van der Waals surface area contributed by atoms with Crippen LogP contribution in [-0.2, 0) is 0 Å². The molecule has 2 saturated carbocycles. The van der Waals surface area contributed by atoms with Crippen molar-refractivity contribution in [2.24, 2.45) is 0 Å². The summed E-state index contributed by atoms with van der Waals surface area (Å²) in [5.74, 6) is 0.0443. The summed E-state index contributed by atoms with van der Waals surface area (Å²) in [4.78, 5) is 29.2. The normalized spacial score (nSPS) is 17.3. The molecular formula is C52H39ClF4I2N8O4. The van der Waals surface area contributed by atoms with Crippen LogP contribution in [0, 0.1) is 7.40 Å². The Balaban J connectivity index is 0.000000153. The number of nitrogens with zero attached hydrogens (tertiary/aromatic N) is 7. The van der Waals surface area contributed by atoms with E-state index in [9.17, 15) is 17.6 Å². The second-order valence-corrected chi connectivity index (χ2v) is 19.2. The minimum atomic E-state index is -2.69. The Hall–Kier alpha value is -6.39. The van der Waals surface area contributed by atoms with Crippen LogP contribution in [0.5, 0.6) is 23.3 Å². The monoisotopic (exact) mass is 1200 g/mol. The van der Waals surface area contributed by atoms with Gasteiger partial charge in [0.25, 0.3) is 0 Å². The standard InChI is InChI=1S/C26H19F2IN4O2.C25H19IN4O2.CHClF2/c27-26(28)33-22-7-8-30-14-21(22)20-4-1-15(9-23(20)33)16-2-6-25(32-12-16)35-19-10-18(11-19)34-17-3-5-24(29)31-13-17;26-24-5-3-17(13-28-24)31-18-10-19(11-18)32-25-6-2-16(12-29-25)15-1-4-20-21-14-27-8-7-22(21)30-23(20)9-15;2-1(3)4/h1-9,12-14,18-19,26H,10-11H2;1-9,12-14,18-19,30H,10-11H2;1H. The Bertz CT molecular complexity index is 3410. The molecule has 360 valence electrons. The van der Waals surface area contributed by atoms with Crippen LogP contribution in [0.1, 0.15) is 32.2 Å². The lowest BCUT2D eigenvalue weighted by Gasteiger charge is -2.34. The number of aromatic nitrogens is 8. The molecule has 0 amide bonds. The Morgan fingerprint density at radius 3 is 1.52 bits per heavy atom. The van der Waals surface area contributed by atoms with Gasteiger partial charge in [0, 0.05) is 119 Å². The molecule has 0 aliphatic heterocycles. The summed E-state index contributed by atoms with van der Waals surface area (Å²) in [6.45, 7) is -2.65. The minimum absolute atomic E-state index is 0.0434. The molecule has 12 rings (SSSR count). The van der Waals surface area contributed by atoms with Gasteiger partial charge in [0.05, 0.1) is 23.4 Å². The minimum Gasteiger partial charge on any atom is -0.489 e. The first-order chi connectivity index (χ1) is 34.5. The summed E-state index contributed by atoms with van der Waals surface area (Å²) >= 11 is 8.28. The molecule has 1 N–H and O–H groups in total. The topological polar surface area (TPSA) is 135 Å². The van der Waals surface area contributed by atoms with Crippen molar-refractivity contribution in [3.63, 3.8) is 0 Å². The van der Waals surface area contributed by atoms with Gasteiger partial charge < -0.3 is 23.9 Å². The number of hydrogen-bond acceptors (Lipinski definition) is 10. The number of halogens is 7. The maximum atomic E-state index is 13.9. The number of ether oxygens (including phenoxy) is 4. The van der Waals surface area contributed by atoms with E-state index < -0.39 is 12.4 Å². The first-order valence-electron chi connectivity index (χ1n) is 22.3. The third kappa shape index (κ3) is 11.4. The lowest BCUT2D eigenvalue weighted by molar-refractivity contribution is 0.00172. The van der Waals surface area contributed by atoms with Gasteiger partial charge in [0.15, 0.2) is 0 Å². The van der Waals surface area contributed by atoms with Crippen molar-refractivity contribution < 1.29 is 36.5 Å². The van der Waals surface area contributed by atoms with Crippen molar-refractivity contribution in [1.29, 1.82) is 0 Å². The number of H-pyrrole nitrogens is 1. The number of alkyl halides is 5. The van der Waals surface area contributed by atoms with E-state index >= 15 is 0 Å². The van der Waals surface area contributed by atoms with Crippen molar-refractivity contribution in [3.8, 4) is 45.5 Å². The predicted molar refractivity (Wildman–Crippen MR) is 280 cm³/mol. The van der Waals surface area contributed by atoms with Crippen LogP contribution in [0.15, 0.2) is 147 Å². The van der Waals surface area contributed by atoms with Gasteiger partial charge in [-0.3, -0.25) is 14.5 Å². The molecule has 2 aliphatic carbocycles. The molecule has 0 atom stereocenters. The largest absolute Gasteiger partial charge is 0.489 e. The van der Waals surface area contributed by atoms with E-state index in [2.05, 4.69) is 116 Å². The summed E-state index contributed by atoms with van der Waals surface area (Å²) in [6.07, 6.45) is 17.6. The Labute approximate surface area is 435 Å². The van der Waals surface area contributed by atoms with Crippen LogP contribution in [-0.4, -0.2) is 69.8 Å². The molecule has 71 heavy (non-hydrogen) atoms. The van der Waals surface area contributed by atoms with Crippen molar-refractivity contribution in [2.75, 3.05) is 0 Å².